The first kappa shape index (κ1) is 17.2. The van der Waals surface area contributed by atoms with Crippen LogP contribution >= 0.6 is 0 Å². The van der Waals surface area contributed by atoms with Crippen LogP contribution in [-0.2, 0) is 13.1 Å². The smallest absolute Gasteiger partial charge is 0.271 e. The summed E-state index contributed by atoms with van der Waals surface area (Å²) in [4.78, 5) is 17.4. The van der Waals surface area contributed by atoms with Crippen LogP contribution in [0.25, 0.3) is 0 Å². The number of nitrogens with zero attached hydrogens (tertiary/aromatic N) is 3. The second kappa shape index (κ2) is 6.91. The van der Waals surface area contributed by atoms with Crippen molar-refractivity contribution in [1.29, 1.82) is 0 Å². The molecule has 4 nitrogen and oxygen atoms in total. The molecule has 3 heterocycles. The van der Waals surface area contributed by atoms with Gasteiger partial charge in [0.15, 0.2) is 0 Å². The molecule has 0 unspecified atom stereocenters. The van der Waals surface area contributed by atoms with E-state index in [0.29, 0.717) is 18.7 Å². The van der Waals surface area contributed by atoms with Gasteiger partial charge < -0.3 is 9.47 Å². The number of fused-ring (bicyclic) bond motifs is 3. The minimum absolute atomic E-state index is 0.0721. The average Bonchev–Trinajstić information content (AvgIpc) is 3.35. The Hall–Kier alpha value is -2.92. The van der Waals surface area contributed by atoms with Crippen molar-refractivity contribution in [3.05, 3.63) is 95.6 Å². The molecule has 28 heavy (non-hydrogen) atoms. The topological polar surface area (TPSA) is 28.5 Å². The predicted molar refractivity (Wildman–Crippen MR) is 105 cm³/mol. The molecule has 5 heteroatoms. The number of carbonyl (C=O) groups excluding carboxylic acids is 1. The van der Waals surface area contributed by atoms with Gasteiger partial charge in [-0.3, -0.25) is 9.69 Å². The fourth-order valence-corrected chi connectivity index (χ4v) is 4.55. The minimum atomic E-state index is -0.170. The number of carbonyl (C=O) groups is 1. The van der Waals surface area contributed by atoms with E-state index in [9.17, 15) is 9.18 Å². The van der Waals surface area contributed by atoms with E-state index in [0.717, 1.165) is 24.3 Å². The zero-order chi connectivity index (χ0) is 19.1. The summed E-state index contributed by atoms with van der Waals surface area (Å²) in [6.07, 6.45) is 2.00. The van der Waals surface area contributed by atoms with Crippen LogP contribution < -0.4 is 0 Å². The molecule has 0 bridgehead atoms. The molecule has 0 N–H and O–H groups in total. The third kappa shape index (κ3) is 2.92. The third-order valence-electron chi connectivity index (χ3n) is 5.90. The number of aromatic nitrogens is 1. The number of hydrogen-bond donors (Lipinski definition) is 0. The predicted octanol–water partition coefficient (Wildman–Crippen LogP) is 3.71. The summed E-state index contributed by atoms with van der Waals surface area (Å²) in [6.45, 7) is 2.71. The number of hydrogen-bond acceptors (Lipinski definition) is 2. The molecular formula is C23H22FN3O. The van der Waals surface area contributed by atoms with Gasteiger partial charge in [0.1, 0.15) is 11.5 Å². The molecule has 1 fully saturated rings. The van der Waals surface area contributed by atoms with Crippen molar-refractivity contribution in [3.63, 3.8) is 0 Å². The molecule has 0 spiro atoms. The zero-order valence-electron chi connectivity index (χ0n) is 15.5. The van der Waals surface area contributed by atoms with Crippen molar-refractivity contribution in [3.8, 4) is 0 Å². The number of rotatable bonds is 4. The molecule has 1 aromatic heterocycles. The Kier molecular flexibility index (Phi) is 4.24. The van der Waals surface area contributed by atoms with Crippen molar-refractivity contribution >= 4 is 5.91 Å². The Morgan fingerprint density at radius 2 is 1.61 bits per heavy atom. The van der Waals surface area contributed by atoms with Crippen LogP contribution in [-0.4, -0.2) is 39.4 Å². The van der Waals surface area contributed by atoms with Crippen molar-refractivity contribution in [2.24, 2.45) is 0 Å². The SMILES string of the molecule is O=C1c2cccn2[C@H]2CN(Cc3ccccc3F)C[C@H]2N1Cc1ccccc1. The van der Waals surface area contributed by atoms with Crippen molar-refractivity contribution in [2.75, 3.05) is 13.1 Å². The Morgan fingerprint density at radius 3 is 2.43 bits per heavy atom. The highest BCUT2D eigenvalue weighted by molar-refractivity contribution is 5.94. The van der Waals surface area contributed by atoms with E-state index in [4.69, 9.17) is 0 Å². The van der Waals surface area contributed by atoms with Gasteiger partial charge in [0.05, 0.1) is 12.1 Å². The normalized spacial score (nSPS) is 21.6. The fraction of sp³-hybridized carbons (Fsp3) is 0.261. The summed E-state index contributed by atoms with van der Waals surface area (Å²) in [7, 11) is 0. The molecule has 2 aromatic carbocycles. The van der Waals surface area contributed by atoms with Crippen LogP contribution in [0.1, 0.15) is 27.7 Å². The van der Waals surface area contributed by atoms with E-state index in [1.54, 1.807) is 6.07 Å². The van der Waals surface area contributed by atoms with Crippen LogP contribution in [0.5, 0.6) is 0 Å². The second-order valence-corrected chi connectivity index (χ2v) is 7.64. The lowest BCUT2D eigenvalue weighted by molar-refractivity contribution is 0.0556. The lowest BCUT2D eigenvalue weighted by atomic mass is 10.0. The second-order valence-electron chi connectivity index (χ2n) is 7.64. The van der Waals surface area contributed by atoms with Crippen LogP contribution in [0.4, 0.5) is 4.39 Å². The first-order valence-electron chi connectivity index (χ1n) is 9.68. The maximum Gasteiger partial charge on any atom is 0.271 e. The van der Waals surface area contributed by atoms with Gasteiger partial charge in [-0.1, -0.05) is 48.5 Å². The Bertz CT molecular complexity index is 1000. The standard InChI is InChI=1S/C23H22FN3O/c24-19-10-5-4-9-18(19)14-25-15-21-22(16-25)27(13-17-7-2-1-3-8-17)23(28)20-11-6-12-26(20)21/h1-12,21-22H,13-16H2/t21-,22+/m0/s1. The van der Waals surface area contributed by atoms with Gasteiger partial charge in [0.2, 0.25) is 0 Å². The van der Waals surface area contributed by atoms with Crippen molar-refractivity contribution in [1.82, 2.24) is 14.4 Å². The molecule has 142 valence electrons. The van der Waals surface area contributed by atoms with Crippen LogP contribution in [0, 0.1) is 5.82 Å². The third-order valence-corrected chi connectivity index (χ3v) is 5.90. The first-order valence-corrected chi connectivity index (χ1v) is 9.68. The first-order chi connectivity index (χ1) is 13.7. The molecular weight excluding hydrogens is 353 g/mol. The molecule has 2 aliphatic heterocycles. The number of benzene rings is 2. The van der Waals surface area contributed by atoms with Crippen LogP contribution in [0.3, 0.4) is 0 Å². The van der Waals surface area contributed by atoms with Gasteiger partial charge in [-0.15, -0.1) is 0 Å². The zero-order valence-corrected chi connectivity index (χ0v) is 15.5. The average molecular weight is 375 g/mol. The molecule has 2 atom stereocenters. The lowest BCUT2D eigenvalue weighted by Crippen LogP contribution is -2.49. The molecule has 1 saturated heterocycles. The monoisotopic (exact) mass is 375 g/mol. The summed E-state index contributed by atoms with van der Waals surface area (Å²) in [5, 5.41) is 0. The summed E-state index contributed by atoms with van der Waals surface area (Å²) in [5.74, 6) is -0.0981. The highest BCUT2D eigenvalue weighted by atomic mass is 19.1. The van der Waals surface area contributed by atoms with Gasteiger partial charge in [0, 0.05) is 37.9 Å². The lowest BCUT2D eigenvalue weighted by Gasteiger charge is -2.38. The summed E-state index contributed by atoms with van der Waals surface area (Å²) >= 11 is 0. The number of likely N-dealkylation sites (tertiary alicyclic amines) is 1. The van der Waals surface area contributed by atoms with Gasteiger partial charge in [0.25, 0.3) is 5.91 Å². The summed E-state index contributed by atoms with van der Waals surface area (Å²) in [5.41, 5.74) is 2.57. The summed E-state index contributed by atoms with van der Waals surface area (Å²) in [6, 6.07) is 21.2. The Labute approximate surface area is 163 Å². The van der Waals surface area contributed by atoms with Crippen molar-refractivity contribution < 1.29 is 9.18 Å². The van der Waals surface area contributed by atoms with Crippen molar-refractivity contribution in [2.45, 2.75) is 25.2 Å². The van der Waals surface area contributed by atoms with Crippen LogP contribution in [0.15, 0.2) is 72.9 Å². The molecule has 0 saturated carbocycles. The highest BCUT2D eigenvalue weighted by Gasteiger charge is 2.44. The fourth-order valence-electron chi connectivity index (χ4n) is 4.55. The van der Waals surface area contributed by atoms with E-state index < -0.39 is 0 Å². The molecule has 3 aromatic rings. The molecule has 1 amide bonds. The number of halogens is 1. The Balaban J connectivity index is 1.44. The van der Waals surface area contributed by atoms with E-state index in [-0.39, 0.29) is 23.8 Å². The van der Waals surface area contributed by atoms with E-state index in [2.05, 4.69) is 21.6 Å². The van der Waals surface area contributed by atoms with Gasteiger partial charge >= 0.3 is 0 Å². The maximum absolute atomic E-state index is 14.1. The molecule has 5 rings (SSSR count). The van der Waals surface area contributed by atoms with E-state index in [1.165, 1.54) is 6.07 Å². The largest absolute Gasteiger partial charge is 0.337 e. The molecule has 0 radical (unpaired) electrons. The van der Waals surface area contributed by atoms with E-state index >= 15 is 0 Å². The van der Waals surface area contributed by atoms with Crippen LogP contribution in [0.2, 0.25) is 0 Å². The number of amides is 1. The molecule has 2 aliphatic rings. The van der Waals surface area contributed by atoms with E-state index in [1.807, 2.05) is 53.6 Å². The Morgan fingerprint density at radius 1 is 0.857 bits per heavy atom. The van der Waals surface area contributed by atoms with Gasteiger partial charge in [-0.2, -0.15) is 0 Å². The highest BCUT2D eigenvalue weighted by Crippen LogP contribution is 2.35. The quantitative estimate of drug-likeness (QED) is 0.696. The molecule has 0 aliphatic carbocycles. The summed E-state index contributed by atoms with van der Waals surface area (Å²) < 4.78 is 16.2. The van der Waals surface area contributed by atoms with Gasteiger partial charge in [-0.05, 0) is 23.8 Å². The maximum atomic E-state index is 14.1. The van der Waals surface area contributed by atoms with Gasteiger partial charge in [-0.25, -0.2) is 4.39 Å². The minimum Gasteiger partial charge on any atom is -0.337 e.